The zero-order valence-corrected chi connectivity index (χ0v) is 10.1. The first-order valence-electron chi connectivity index (χ1n) is 6.30. The van der Waals surface area contributed by atoms with Crippen LogP contribution >= 0.6 is 0 Å². The molecule has 0 saturated heterocycles. The largest absolute Gasteiger partial charge is 0.393 e. The molecule has 1 saturated carbocycles. The van der Waals surface area contributed by atoms with E-state index in [1.54, 1.807) is 0 Å². The molecule has 0 heterocycles. The van der Waals surface area contributed by atoms with Crippen LogP contribution in [-0.2, 0) is 4.79 Å². The minimum Gasteiger partial charge on any atom is -0.393 e. The smallest absolute Gasteiger partial charge is 0.220 e. The van der Waals surface area contributed by atoms with Crippen molar-refractivity contribution in [3.8, 4) is 0 Å². The molecule has 3 atom stereocenters. The predicted molar refractivity (Wildman–Crippen MR) is 63.9 cm³/mol. The van der Waals surface area contributed by atoms with Crippen LogP contribution in [0.4, 0.5) is 0 Å². The van der Waals surface area contributed by atoms with E-state index in [4.69, 9.17) is 5.73 Å². The number of carbonyl (C=O) groups excluding carboxylic acids is 1. The first-order valence-corrected chi connectivity index (χ1v) is 6.30. The number of carbonyl (C=O) groups is 1. The summed E-state index contributed by atoms with van der Waals surface area (Å²) in [4.78, 5) is 11.4. The number of hydrogen-bond acceptors (Lipinski definition) is 3. The van der Waals surface area contributed by atoms with Gasteiger partial charge >= 0.3 is 0 Å². The molecule has 0 spiro atoms. The summed E-state index contributed by atoms with van der Waals surface area (Å²) in [6.07, 6.45) is 5.14. The Balaban J connectivity index is 2.15. The summed E-state index contributed by atoms with van der Waals surface area (Å²) in [5, 5.41) is 12.6. The van der Waals surface area contributed by atoms with Gasteiger partial charge in [-0.3, -0.25) is 4.79 Å². The van der Waals surface area contributed by atoms with Crippen LogP contribution in [0.1, 0.15) is 45.4 Å². The first kappa shape index (κ1) is 13.5. The Bertz CT molecular complexity index is 219. The number of nitrogens with one attached hydrogen (secondary N) is 1. The van der Waals surface area contributed by atoms with Crippen LogP contribution in [0.15, 0.2) is 0 Å². The van der Waals surface area contributed by atoms with Gasteiger partial charge in [0.2, 0.25) is 5.91 Å². The Kier molecular flexibility index (Phi) is 5.77. The molecule has 1 aliphatic rings. The number of hydrogen-bond donors (Lipinski definition) is 3. The summed E-state index contributed by atoms with van der Waals surface area (Å²) in [6.45, 7) is 2.51. The fourth-order valence-electron chi connectivity index (χ4n) is 2.12. The lowest BCUT2D eigenvalue weighted by molar-refractivity contribution is -0.121. The molecule has 0 bridgehead atoms. The van der Waals surface area contributed by atoms with E-state index in [0.717, 1.165) is 32.1 Å². The Morgan fingerprint density at radius 2 is 2.19 bits per heavy atom. The molecule has 1 aliphatic carbocycles. The SMILES string of the molecule is CC(N)CCC(=O)NCC1CCCCC1O. The molecule has 0 aromatic rings. The lowest BCUT2D eigenvalue weighted by Crippen LogP contribution is -2.37. The van der Waals surface area contributed by atoms with Crippen molar-refractivity contribution in [2.75, 3.05) is 6.54 Å². The van der Waals surface area contributed by atoms with E-state index in [1.165, 1.54) is 0 Å². The predicted octanol–water partition coefficient (Wildman–Crippen LogP) is 0.781. The molecule has 94 valence electrons. The molecule has 0 aromatic heterocycles. The highest BCUT2D eigenvalue weighted by molar-refractivity contribution is 5.75. The van der Waals surface area contributed by atoms with Gasteiger partial charge in [-0.05, 0) is 26.2 Å². The minimum absolute atomic E-state index is 0.0510. The standard InChI is InChI=1S/C12H24N2O2/c1-9(13)6-7-12(16)14-8-10-4-2-3-5-11(10)15/h9-11,15H,2-8,13H2,1H3,(H,14,16). The molecule has 1 amide bonds. The van der Waals surface area contributed by atoms with Crippen molar-refractivity contribution in [3.05, 3.63) is 0 Å². The van der Waals surface area contributed by atoms with Gasteiger partial charge in [0.25, 0.3) is 0 Å². The number of amides is 1. The number of aliphatic hydroxyl groups is 1. The Hall–Kier alpha value is -0.610. The van der Waals surface area contributed by atoms with Crippen molar-refractivity contribution in [2.45, 2.75) is 57.6 Å². The molecule has 4 nitrogen and oxygen atoms in total. The van der Waals surface area contributed by atoms with Crippen LogP contribution in [0.5, 0.6) is 0 Å². The number of aliphatic hydroxyl groups excluding tert-OH is 1. The van der Waals surface area contributed by atoms with Crippen LogP contribution < -0.4 is 11.1 Å². The molecule has 1 fully saturated rings. The second-order valence-electron chi connectivity index (χ2n) is 4.93. The fraction of sp³-hybridized carbons (Fsp3) is 0.917. The Labute approximate surface area is 97.6 Å². The van der Waals surface area contributed by atoms with Gasteiger partial charge in [0, 0.05) is 24.9 Å². The maximum Gasteiger partial charge on any atom is 0.220 e. The Morgan fingerprint density at radius 1 is 1.50 bits per heavy atom. The highest BCUT2D eigenvalue weighted by Crippen LogP contribution is 2.23. The summed E-state index contributed by atoms with van der Waals surface area (Å²) < 4.78 is 0. The van der Waals surface area contributed by atoms with Crippen LogP contribution in [0.2, 0.25) is 0 Å². The number of nitrogens with two attached hydrogens (primary N) is 1. The van der Waals surface area contributed by atoms with Gasteiger partial charge in [-0.15, -0.1) is 0 Å². The van der Waals surface area contributed by atoms with Crippen molar-refractivity contribution in [2.24, 2.45) is 11.7 Å². The normalized spacial score (nSPS) is 27.4. The van der Waals surface area contributed by atoms with Crippen molar-refractivity contribution < 1.29 is 9.90 Å². The average molecular weight is 228 g/mol. The van der Waals surface area contributed by atoms with E-state index >= 15 is 0 Å². The fourth-order valence-corrected chi connectivity index (χ4v) is 2.12. The van der Waals surface area contributed by atoms with Crippen molar-refractivity contribution in [3.63, 3.8) is 0 Å². The number of rotatable bonds is 5. The van der Waals surface area contributed by atoms with Gasteiger partial charge in [0.1, 0.15) is 0 Å². The minimum atomic E-state index is -0.234. The van der Waals surface area contributed by atoms with Crippen molar-refractivity contribution in [1.29, 1.82) is 0 Å². The lowest BCUT2D eigenvalue weighted by Gasteiger charge is -2.27. The third-order valence-electron chi connectivity index (χ3n) is 3.26. The van der Waals surface area contributed by atoms with Crippen LogP contribution in [0, 0.1) is 5.92 Å². The summed E-state index contributed by atoms with van der Waals surface area (Å²) in [5.41, 5.74) is 5.58. The molecule has 3 unspecified atom stereocenters. The lowest BCUT2D eigenvalue weighted by atomic mass is 9.86. The topological polar surface area (TPSA) is 75.4 Å². The summed E-state index contributed by atoms with van der Waals surface area (Å²) >= 11 is 0. The van der Waals surface area contributed by atoms with E-state index in [-0.39, 0.29) is 24.0 Å². The van der Waals surface area contributed by atoms with E-state index < -0.39 is 0 Å². The average Bonchev–Trinajstić information content (AvgIpc) is 2.25. The first-order chi connectivity index (χ1) is 7.59. The van der Waals surface area contributed by atoms with Gasteiger partial charge in [-0.2, -0.15) is 0 Å². The third kappa shape index (κ3) is 4.94. The van der Waals surface area contributed by atoms with Crippen LogP contribution in [0.3, 0.4) is 0 Å². The van der Waals surface area contributed by atoms with Gasteiger partial charge in [-0.25, -0.2) is 0 Å². The molecule has 0 radical (unpaired) electrons. The second kappa shape index (κ2) is 6.86. The van der Waals surface area contributed by atoms with Gasteiger partial charge in [0.05, 0.1) is 6.10 Å². The van der Waals surface area contributed by atoms with Gasteiger partial charge < -0.3 is 16.2 Å². The van der Waals surface area contributed by atoms with Gasteiger partial charge in [-0.1, -0.05) is 12.8 Å². The second-order valence-corrected chi connectivity index (χ2v) is 4.93. The Morgan fingerprint density at radius 3 is 2.81 bits per heavy atom. The molecule has 1 rings (SSSR count). The highest BCUT2D eigenvalue weighted by atomic mass is 16.3. The molecular formula is C12H24N2O2. The summed E-state index contributed by atoms with van der Waals surface area (Å²) in [6, 6.07) is 0.0750. The third-order valence-corrected chi connectivity index (χ3v) is 3.26. The summed E-state index contributed by atoms with van der Waals surface area (Å²) in [5.74, 6) is 0.295. The molecular weight excluding hydrogens is 204 g/mol. The maximum atomic E-state index is 11.4. The van der Waals surface area contributed by atoms with E-state index in [1.807, 2.05) is 6.92 Å². The molecule has 4 N–H and O–H groups in total. The summed E-state index contributed by atoms with van der Waals surface area (Å²) in [7, 11) is 0. The van der Waals surface area contributed by atoms with E-state index in [9.17, 15) is 9.90 Å². The quantitative estimate of drug-likeness (QED) is 0.651. The highest BCUT2D eigenvalue weighted by Gasteiger charge is 2.23. The van der Waals surface area contributed by atoms with Gasteiger partial charge in [0.15, 0.2) is 0 Å². The van der Waals surface area contributed by atoms with E-state index in [0.29, 0.717) is 13.0 Å². The molecule has 0 aromatic carbocycles. The van der Waals surface area contributed by atoms with E-state index in [2.05, 4.69) is 5.32 Å². The zero-order chi connectivity index (χ0) is 12.0. The van der Waals surface area contributed by atoms with Crippen LogP contribution in [0.25, 0.3) is 0 Å². The molecule has 4 heteroatoms. The maximum absolute atomic E-state index is 11.4. The van der Waals surface area contributed by atoms with Crippen molar-refractivity contribution >= 4 is 5.91 Å². The van der Waals surface area contributed by atoms with Crippen LogP contribution in [-0.4, -0.2) is 29.7 Å². The monoisotopic (exact) mass is 228 g/mol. The zero-order valence-electron chi connectivity index (χ0n) is 10.1. The molecule has 0 aliphatic heterocycles. The van der Waals surface area contributed by atoms with Crippen molar-refractivity contribution in [1.82, 2.24) is 5.32 Å². The molecule has 16 heavy (non-hydrogen) atoms.